The Kier molecular flexibility index (Phi) is 6.76. The number of aliphatic hydroxyl groups is 1. The summed E-state index contributed by atoms with van der Waals surface area (Å²) in [6.07, 6.45) is 6.00. The van der Waals surface area contributed by atoms with Crippen LogP contribution in [-0.4, -0.2) is 45.7 Å². The summed E-state index contributed by atoms with van der Waals surface area (Å²) < 4.78 is 0. The number of carbonyl (C=O) groups is 2. The molecule has 2 N–H and O–H groups in total. The first kappa shape index (κ1) is 19.2. The van der Waals surface area contributed by atoms with Crippen molar-refractivity contribution in [3.8, 4) is 0 Å². The molecule has 5 nitrogen and oxygen atoms in total. The zero-order chi connectivity index (χ0) is 18.4. The second-order valence-electron chi connectivity index (χ2n) is 7.03. The standard InChI is InChI=1S/C20H27NO4/c1-14(2)13-18(22)9-7-17-8-10-19(23)21(17)12-11-15-3-5-16(6-4-15)20(24)25/h3-7,9,14,17-18,22H,8,10-13H2,1-2H3,(H,24,25). The summed E-state index contributed by atoms with van der Waals surface area (Å²) >= 11 is 0. The summed E-state index contributed by atoms with van der Waals surface area (Å²) in [5.74, 6) is -0.378. The van der Waals surface area contributed by atoms with Crippen LogP contribution in [0, 0.1) is 5.92 Å². The van der Waals surface area contributed by atoms with Gasteiger partial charge < -0.3 is 15.1 Å². The average molecular weight is 345 g/mol. The zero-order valence-corrected chi connectivity index (χ0v) is 14.9. The van der Waals surface area contributed by atoms with Crippen LogP contribution in [0.5, 0.6) is 0 Å². The molecule has 0 aromatic heterocycles. The fraction of sp³-hybridized carbons (Fsp3) is 0.500. The monoisotopic (exact) mass is 345 g/mol. The van der Waals surface area contributed by atoms with E-state index < -0.39 is 12.1 Å². The van der Waals surface area contributed by atoms with Gasteiger partial charge >= 0.3 is 5.97 Å². The highest BCUT2D eigenvalue weighted by molar-refractivity contribution is 5.87. The summed E-state index contributed by atoms with van der Waals surface area (Å²) in [4.78, 5) is 24.9. The number of aliphatic hydroxyl groups excluding tert-OH is 1. The maximum atomic E-state index is 12.1. The highest BCUT2D eigenvalue weighted by atomic mass is 16.4. The lowest BCUT2D eigenvalue weighted by Crippen LogP contribution is -2.33. The molecule has 5 heteroatoms. The lowest BCUT2D eigenvalue weighted by Gasteiger charge is -2.23. The number of carboxylic acids is 1. The molecule has 25 heavy (non-hydrogen) atoms. The summed E-state index contributed by atoms with van der Waals surface area (Å²) in [7, 11) is 0. The van der Waals surface area contributed by atoms with E-state index >= 15 is 0 Å². The van der Waals surface area contributed by atoms with Gasteiger partial charge in [0, 0.05) is 13.0 Å². The molecule has 0 spiro atoms. The average Bonchev–Trinajstić information content (AvgIpc) is 2.91. The van der Waals surface area contributed by atoms with Crippen molar-refractivity contribution in [2.24, 2.45) is 5.92 Å². The fourth-order valence-electron chi connectivity index (χ4n) is 3.13. The van der Waals surface area contributed by atoms with Gasteiger partial charge in [-0.25, -0.2) is 4.79 Å². The molecule has 1 fully saturated rings. The Morgan fingerprint density at radius 1 is 1.32 bits per heavy atom. The van der Waals surface area contributed by atoms with Crippen LogP contribution in [0.15, 0.2) is 36.4 Å². The van der Waals surface area contributed by atoms with Crippen molar-refractivity contribution in [1.29, 1.82) is 0 Å². The molecule has 1 aromatic carbocycles. The Morgan fingerprint density at radius 3 is 2.60 bits per heavy atom. The molecule has 1 aliphatic rings. The van der Waals surface area contributed by atoms with Crippen molar-refractivity contribution < 1.29 is 19.8 Å². The van der Waals surface area contributed by atoms with Crippen LogP contribution in [0.4, 0.5) is 0 Å². The number of nitrogens with zero attached hydrogens (tertiary/aromatic N) is 1. The van der Waals surface area contributed by atoms with Gasteiger partial charge in [0.1, 0.15) is 0 Å². The van der Waals surface area contributed by atoms with Crippen LogP contribution in [0.3, 0.4) is 0 Å². The van der Waals surface area contributed by atoms with Crippen molar-refractivity contribution in [1.82, 2.24) is 4.90 Å². The maximum Gasteiger partial charge on any atom is 0.335 e. The normalized spacial score (nSPS) is 19.1. The highest BCUT2D eigenvalue weighted by Crippen LogP contribution is 2.21. The van der Waals surface area contributed by atoms with Crippen LogP contribution >= 0.6 is 0 Å². The number of carbonyl (C=O) groups excluding carboxylic acids is 1. The van der Waals surface area contributed by atoms with Crippen LogP contribution in [-0.2, 0) is 11.2 Å². The lowest BCUT2D eigenvalue weighted by atomic mass is 10.0. The summed E-state index contributed by atoms with van der Waals surface area (Å²) in [5, 5.41) is 18.9. The molecule has 1 aromatic rings. The molecule has 0 aliphatic carbocycles. The van der Waals surface area contributed by atoms with E-state index in [4.69, 9.17) is 5.11 Å². The lowest BCUT2D eigenvalue weighted by molar-refractivity contribution is -0.128. The van der Waals surface area contributed by atoms with Crippen LogP contribution in [0.1, 0.15) is 49.0 Å². The van der Waals surface area contributed by atoms with Crippen molar-refractivity contribution >= 4 is 11.9 Å². The SMILES string of the molecule is CC(C)CC(O)C=CC1CCC(=O)N1CCc1ccc(C(=O)O)cc1. The van der Waals surface area contributed by atoms with Gasteiger partial charge in [-0.05, 0) is 42.9 Å². The largest absolute Gasteiger partial charge is 0.478 e. The Hall–Kier alpha value is -2.14. The zero-order valence-electron chi connectivity index (χ0n) is 14.9. The molecule has 136 valence electrons. The first-order chi connectivity index (χ1) is 11.9. The molecule has 0 saturated carbocycles. The summed E-state index contributed by atoms with van der Waals surface area (Å²) in [6, 6.07) is 6.79. The molecule has 0 bridgehead atoms. The quantitative estimate of drug-likeness (QED) is 0.710. The third-order valence-corrected chi connectivity index (χ3v) is 4.49. The van der Waals surface area contributed by atoms with Crippen molar-refractivity contribution in [3.05, 3.63) is 47.5 Å². The smallest absolute Gasteiger partial charge is 0.335 e. The van der Waals surface area contributed by atoms with Gasteiger partial charge in [-0.2, -0.15) is 0 Å². The number of likely N-dealkylation sites (tertiary alicyclic amines) is 1. The fourth-order valence-corrected chi connectivity index (χ4v) is 3.13. The van der Waals surface area contributed by atoms with E-state index in [1.54, 1.807) is 30.3 Å². The van der Waals surface area contributed by atoms with Crippen molar-refractivity contribution in [3.63, 3.8) is 0 Å². The molecule has 2 unspecified atom stereocenters. The van der Waals surface area contributed by atoms with E-state index in [-0.39, 0.29) is 17.5 Å². The number of carboxylic acid groups (broad SMARTS) is 1. The van der Waals surface area contributed by atoms with Gasteiger partial charge in [-0.3, -0.25) is 4.79 Å². The van der Waals surface area contributed by atoms with E-state index in [0.717, 1.165) is 12.0 Å². The van der Waals surface area contributed by atoms with Gasteiger partial charge in [0.05, 0.1) is 17.7 Å². The number of hydrogen-bond acceptors (Lipinski definition) is 3. The minimum absolute atomic E-state index is 0.0348. The third kappa shape index (κ3) is 5.71. The molecular formula is C20H27NO4. The first-order valence-electron chi connectivity index (χ1n) is 8.85. The second-order valence-corrected chi connectivity index (χ2v) is 7.03. The Morgan fingerprint density at radius 2 is 2.00 bits per heavy atom. The van der Waals surface area contributed by atoms with Crippen molar-refractivity contribution in [2.45, 2.75) is 51.7 Å². The molecular weight excluding hydrogens is 318 g/mol. The topological polar surface area (TPSA) is 77.8 Å². The number of aromatic carboxylic acids is 1. The van der Waals surface area contributed by atoms with Crippen LogP contribution < -0.4 is 0 Å². The number of hydrogen-bond donors (Lipinski definition) is 2. The predicted molar refractivity (Wildman–Crippen MR) is 96.4 cm³/mol. The number of benzene rings is 1. The molecule has 1 aliphatic heterocycles. The second kappa shape index (κ2) is 8.81. The van der Waals surface area contributed by atoms with E-state index in [1.165, 1.54) is 0 Å². The number of amides is 1. The minimum Gasteiger partial charge on any atom is -0.478 e. The molecule has 0 radical (unpaired) electrons. The Balaban J connectivity index is 1.93. The summed E-state index contributed by atoms with van der Waals surface area (Å²) in [5.41, 5.74) is 1.27. The Bertz CT molecular complexity index is 621. The van der Waals surface area contributed by atoms with E-state index in [9.17, 15) is 14.7 Å². The first-order valence-corrected chi connectivity index (χ1v) is 8.85. The summed E-state index contributed by atoms with van der Waals surface area (Å²) in [6.45, 7) is 4.73. The predicted octanol–water partition coefficient (Wildman–Crippen LogP) is 2.88. The maximum absolute atomic E-state index is 12.1. The Labute approximate surface area is 149 Å². The van der Waals surface area contributed by atoms with Crippen molar-refractivity contribution in [2.75, 3.05) is 6.54 Å². The van der Waals surface area contributed by atoms with E-state index in [2.05, 4.69) is 13.8 Å². The molecule has 2 atom stereocenters. The van der Waals surface area contributed by atoms with Gasteiger partial charge in [0.2, 0.25) is 5.91 Å². The van der Waals surface area contributed by atoms with Crippen LogP contribution in [0.25, 0.3) is 0 Å². The van der Waals surface area contributed by atoms with Crippen LogP contribution in [0.2, 0.25) is 0 Å². The molecule has 1 saturated heterocycles. The number of rotatable bonds is 8. The van der Waals surface area contributed by atoms with Gasteiger partial charge in [0.25, 0.3) is 0 Å². The molecule has 1 heterocycles. The van der Waals surface area contributed by atoms with Gasteiger partial charge in [0.15, 0.2) is 0 Å². The molecule has 2 rings (SSSR count). The van der Waals surface area contributed by atoms with Gasteiger partial charge in [-0.1, -0.05) is 38.1 Å². The molecule has 1 amide bonds. The van der Waals surface area contributed by atoms with E-state index in [0.29, 0.717) is 31.7 Å². The van der Waals surface area contributed by atoms with E-state index in [1.807, 2.05) is 11.0 Å². The minimum atomic E-state index is -0.938. The highest BCUT2D eigenvalue weighted by Gasteiger charge is 2.28. The third-order valence-electron chi connectivity index (χ3n) is 4.49. The van der Waals surface area contributed by atoms with Gasteiger partial charge in [-0.15, -0.1) is 0 Å².